The molecule has 0 aliphatic heterocycles. The van der Waals surface area contributed by atoms with Crippen LogP contribution in [0, 0.1) is 0 Å². The normalized spacial score (nSPS) is 13.8. The van der Waals surface area contributed by atoms with E-state index >= 15 is 0 Å². The highest BCUT2D eigenvalue weighted by molar-refractivity contribution is 5.92. The molecule has 6 nitrogen and oxygen atoms in total. The molecule has 2 heterocycles. The number of nitrogens with zero attached hydrogens (tertiary/aromatic N) is 1. The van der Waals surface area contributed by atoms with E-state index < -0.39 is 6.10 Å². The Labute approximate surface area is 130 Å². The third-order valence-electron chi connectivity index (χ3n) is 3.47. The predicted molar refractivity (Wildman–Crippen MR) is 83.4 cm³/mol. The van der Waals surface area contributed by atoms with E-state index in [2.05, 4.69) is 10.3 Å². The third kappa shape index (κ3) is 4.22. The van der Waals surface area contributed by atoms with Crippen molar-refractivity contribution in [2.24, 2.45) is 0 Å². The molecule has 0 fully saturated rings. The van der Waals surface area contributed by atoms with Crippen LogP contribution in [0.1, 0.15) is 41.4 Å². The Bertz CT molecular complexity index is 590. The molecule has 2 rings (SSSR count). The Morgan fingerprint density at radius 1 is 1.41 bits per heavy atom. The zero-order valence-corrected chi connectivity index (χ0v) is 13.2. The van der Waals surface area contributed by atoms with E-state index in [1.165, 1.54) is 4.90 Å². The Hall–Kier alpha value is -2.05. The van der Waals surface area contributed by atoms with Gasteiger partial charge in [0.15, 0.2) is 0 Å². The number of carbonyl (C=O) groups excluding carboxylic acids is 1. The van der Waals surface area contributed by atoms with Crippen LogP contribution in [-0.4, -0.2) is 41.0 Å². The van der Waals surface area contributed by atoms with Crippen molar-refractivity contribution in [1.29, 1.82) is 0 Å². The molecule has 3 N–H and O–H groups in total. The molecule has 0 aliphatic carbocycles. The van der Waals surface area contributed by atoms with Crippen molar-refractivity contribution in [2.75, 3.05) is 14.1 Å². The molecule has 22 heavy (non-hydrogen) atoms. The summed E-state index contributed by atoms with van der Waals surface area (Å²) < 4.78 is 5.18. The van der Waals surface area contributed by atoms with Crippen LogP contribution >= 0.6 is 0 Å². The van der Waals surface area contributed by atoms with Gasteiger partial charge in [-0.3, -0.25) is 4.79 Å². The van der Waals surface area contributed by atoms with Crippen LogP contribution in [0.3, 0.4) is 0 Å². The van der Waals surface area contributed by atoms with Gasteiger partial charge in [0.1, 0.15) is 17.6 Å². The first-order chi connectivity index (χ1) is 10.5. The average molecular weight is 305 g/mol. The monoisotopic (exact) mass is 305 g/mol. The molecule has 2 aromatic heterocycles. The van der Waals surface area contributed by atoms with Gasteiger partial charge in [0, 0.05) is 32.4 Å². The fourth-order valence-electron chi connectivity index (χ4n) is 2.21. The summed E-state index contributed by atoms with van der Waals surface area (Å²) in [6.07, 6.45) is 1.49. The molecule has 6 heteroatoms. The molecule has 2 unspecified atom stereocenters. The van der Waals surface area contributed by atoms with Crippen molar-refractivity contribution in [3.8, 4) is 0 Å². The number of rotatable bonds is 7. The first kappa shape index (κ1) is 16.3. The zero-order chi connectivity index (χ0) is 16.1. The number of carbonyl (C=O) groups is 1. The number of furan rings is 1. The van der Waals surface area contributed by atoms with Crippen LogP contribution < -0.4 is 5.32 Å². The van der Waals surface area contributed by atoms with Gasteiger partial charge >= 0.3 is 0 Å². The third-order valence-corrected chi connectivity index (χ3v) is 3.47. The van der Waals surface area contributed by atoms with Crippen LogP contribution in [0.4, 0.5) is 0 Å². The number of aliphatic hydroxyl groups is 1. The molecule has 0 radical (unpaired) electrons. The van der Waals surface area contributed by atoms with Crippen molar-refractivity contribution in [3.63, 3.8) is 0 Å². The van der Waals surface area contributed by atoms with Gasteiger partial charge in [0.25, 0.3) is 5.91 Å². The maximum absolute atomic E-state index is 11.8. The van der Waals surface area contributed by atoms with Crippen LogP contribution in [0.25, 0.3) is 0 Å². The lowest BCUT2D eigenvalue weighted by atomic mass is 10.1. The van der Waals surface area contributed by atoms with E-state index in [9.17, 15) is 9.90 Å². The summed E-state index contributed by atoms with van der Waals surface area (Å²) in [5.74, 6) is 0.528. The molecule has 2 aromatic rings. The number of nitrogens with one attached hydrogen (secondary N) is 2. The summed E-state index contributed by atoms with van der Waals surface area (Å²) in [5.41, 5.74) is 1.51. The van der Waals surface area contributed by atoms with Gasteiger partial charge in [0.2, 0.25) is 0 Å². The highest BCUT2D eigenvalue weighted by Crippen LogP contribution is 2.18. The topological polar surface area (TPSA) is 81.5 Å². The number of aliphatic hydroxyl groups excluding tert-OH is 1. The maximum atomic E-state index is 11.8. The molecule has 0 aliphatic rings. The summed E-state index contributed by atoms with van der Waals surface area (Å²) in [6, 6.07) is 7.30. The highest BCUT2D eigenvalue weighted by Gasteiger charge is 2.15. The van der Waals surface area contributed by atoms with Gasteiger partial charge in [-0.15, -0.1) is 0 Å². The number of aromatic nitrogens is 1. The second kappa shape index (κ2) is 7.29. The lowest BCUT2D eigenvalue weighted by Crippen LogP contribution is -2.27. The average Bonchev–Trinajstić information content (AvgIpc) is 3.15. The van der Waals surface area contributed by atoms with Gasteiger partial charge in [-0.05, 0) is 37.6 Å². The van der Waals surface area contributed by atoms with Crippen LogP contribution in [0.5, 0.6) is 0 Å². The SMILES string of the molecule is CC(CC(O)c1ccco1)NCc1ccc(C(=O)N(C)C)[nH]1. The van der Waals surface area contributed by atoms with E-state index in [4.69, 9.17) is 4.42 Å². The molecule has 0 bridgehead atoms. The van der Waals surface area contributed by atoms with E-state index in [1.54, 1.807) is 38.6 Å². The van der Waals surface area contributed by atoms with Crippen LogP contribution in [0.15, 0.2) is 34.9 Å². The van der Waals surface area contributed by atoms with Gasteiger partial charge in [-0.25, -0.2) is 0 Å². The minimum Gasteiger partial charge on any atom is -0.467 e. The standard InChI is InChI=1S/C16H23N3O3/c1-11(9-14(20)15-5-4-8-22-15)17-10-12-6-7-13(18-12)16(21)19(2)3/h4-8,11,14,17-18,20H,9-10H2,1-3H3. The second-order valence-electron chi connectivity index (χ2n) is 5.65. The first-order valence-electron chi connectivity index (χ1n) is 7.31. The lowest BCUT2D eigenvalue weighted by molar-refractivity contribution is 0.0822. The lowest BCUT2D eigenvalue weighted by Gasteiger charge is -2.16. The number of hydrogen-bond acceptors (Lipinski definition) is 4. The Kier molecular flexibility index (Phi) is 5.41. The van der Waals surface area contributed by atoms with Gasteiger partial charge in [-0.1, -0.05) is 0 Å². The summed E-state index contributed by atoms with van der Waals surface area (Å²) >= 11 is 0. The Balaban J connectivity index is 1.81. The molecule has 0 saturated heterocycles. The van der Waals surface area contributed by atoms with Crippen molar-refractivity contribution in [3.05, 3.63) is 47.7 Å². The molecule has 120 valence electrons. The second-order valence-corrected chi connectivity index (χ2v) is 5.65. The Morgan fingerprint density at radius 3 is 2.82 bits per heavy atom. The van der Waals surface area contributed by atoms with Crippen LogP contribution in [-0.2, 0) is 6.54 Å². The molecule has 0 saturated carbocycles. The first-order valence-corrected chi connectivity index (χ1v) is 7.31. The van der Waals surface area contributed by atoms with E-state index in [-0.39, 0.29) is 11.9 Å². The fourth-order valence-corrected chi connectivity index (χ4v) is 2.21. The van der Waals surface area contributed by atoms with Crippen molar-refractivity contribution < 1.29 is 14.3 Å². The van der Waals surface area contributed by atoms with Gasteiger partial charge in [0.05, 0.1) is 6.26 Å². The number of hydrogen-bond donors (Lipinski definition) is 3. The number of amides is 1. The van der Waals surface area contributed by atoms with E-state index in [1.807, 2.05) is 13.0 Å². The number of aromatic amines is 1. The van der Waals surface area contributed by atoms with Crippen molar-refractivity contribution >= 4 is 5.91 Å². The van der Waals surface area contributed by atoms with Gasteiger partial charge < -0.3 is 24.7 Å². The number of H-pyrrole nitrogens is 1. The largest absolute Gasteiger partial charge is 0.467 e. The van der Waals surface area contributed by atoms with Crippen molar-refractivity contribution in [1.82, 2.24) is 15.2 Å². The Morgan fingerprint density at radius 2 is 2.18 bits per heavy atom. The smallest absolute Gasteiger partial charge is 0.269 e. The quantitative estimate of drug-likeness (QED) is 0.730. The summed E-state index contributed by atoms with van der Waals surface area (Å²) in [5, 5.41) is 13.3. The fraction of sp³-hybridized carbons (Fsp3) is 0.438. The molecule has 2 atom stereocenters. The molecule has 0 aromatic carbocycles. The predicted octanol–water partition coefficient (Wildman–Crippen LogP) is 1.91. The molecule has 0 spiro atoms. The minimum atomic E-state index is -0.618. The molecular formula is C16H23N3O3. The maximum Gasteiger partial charge on any atom is 0.269 e. The van der Waals surface area contributed by atoms with E-state index in [0.717, 1.165) is 5.69 Å². The van der Waals surface area contributed by atoms with Gasteiger partial charge in [-0.2, -0.15) is 0 Å². The zero-order valence-electron chi connectivity index (χ0n) is 13.2. The minimum absolute atomic E-state index is 0.0486. The highest BCUT2D eigenvalue weighted by atomic mass is 16.4. The summed E-state index contributed by atoms with van der Waals surface area (Å²) in [7, 11) is 3.44. The summed E-state index contributed by atoms with van der Waals surface area (Å²) in [6.45, 7) is 2.60. The van der Waals surface area contributed by atoms with Crippen molar-refractivity contribution in [2.45, 2.75) is 32.0 Å². The molecule has 1 amide bonds. The summed E-state index contributed by atoms with van der Waals surface area (Å²) in [4.78, 5) is 16.4. The molecular weight excluding hydrogens is 282 g/mol. The van der Waals surface area contributed by atoms with E-state index in [0.29, 0.717) is 24.4 Å². The van der Waals surface area contributed by atoms with Crippen LogP contribution in [0.2, 0.25) is 0 Å².